The van der Waals surface area contributed by atoms with Crippen molar-refractivity contribution in [2.75, 3.05) is 0 Å². The molecule has 4 nitrogen and oxygen atoms in total. The Morgan fingerprint density at radius 3 is 2.75 bits per heavy atom. The molecule has 0 fully saturated rings. The lowest BCUT2D eigenvalue weighted by Crippen LogP contribution is -2.15. The molecule has 0 aliphatic rings. The van der Waals surface area contributed by atoms with Crippen molar-refractivity contribution < 1.29 is 4.42 Å². The van der Waals surface area contributed by atoms with E-state index in [2.05, 4.69) is 12.0 Å². The van der Waals surface area contributed by atoms with Gasteiger partial charge in [-0.2, -0.15) is 4.68 Å². The van der Waals surface area contributed by atoms with Crippen LogP contribution in [0.15, 0.2) is 39.5 Å². The number of rotatable bonds is 4. The van der Waals surface area contributed by atoms with Crippen LogP contribution in [0.5, 0.6) is 0 Å². The highest BCUT2D eigenvalue weighted by molar-refractivity contribution is 5.51. The molecule has 2 rings (SSSR count). The topological polar surface area (TPSA) is 48.0 Å². The van der Waals surface area contributed by atoms with E-state index in [0.717, 1.165) is 18.4 Å². The van der Waals surface area contributed by atoms with Crippen LogP contribution in [-0.4, -0.2) is 9.78 Å². The lowest BCUT2D eigenvalue weighted by Gasteiger charge is -1.94. The summed E-state index contributed by atoms with van der Waals surface area (Å²) >= 11 is 0. The first-order valence-corrected chi connectivity index (χ1v) is 5.44. The van der Waals surface area contributed by atoms with Crippen LogP contribution in [0.1, 0.15) is 19.8 Å². The lowest BCUT2D eigenvalue weighted by molar-refractivity contribution is 0.472. The van der Waals surface area contributed by atoms with Gasteiger partial charge in [-0.1, -0.05) is 31.5 Å². The van der Waals surface area contributed by atoms with E-state index in [0.29, 0.717) is 12.4 Å². The monoisotopic (exact) mass is 218 g/mol. The number of benzene rings is 1. The molecule has 0 aliphatic heterocycles. The van der Waals surface area contributed by atoms with Gasteiger partial charge >= 0.3 is 5.76 Å². The molecule has 16 heavy (non-hydrogen) atoms. The minimum Gasteiger partial charge on any atom is -0.388 e. The third kappa shape index (κ3) is 2.21. The zero-order chi connectivity index (χ0) is 11.4. The predicted octanol–water partition coefficient (Wildman–Crippen LogP) is 2.30. The number of nitrogens with zero attached hydrogens (tertiary/aromatic N) is 2. The highest BCUT2D eigenvalue weighted by Crippen LogP contribution is 2.13. The lowest BCUT2D eigenvalue weighted by atomic mass is 10.2. The largest absolute Gasteiger partial charge is 0.437 e. The average molecular weight is 218 g/mol. The number of hydrogen-bond acceptors (Lipinski definition) is 3. The summed E-state index contributed by atoms with van der Waals surface area (Å²) in [5, 5.41) is 4.16. The van der Waals surface area contributed by atoms with Gasteiger partial charge < -0.3 is 4.42 Å². The average Bonchev–Trinajstić information content (AvgIpc) is 2.69. The SMILES string of the molecule is CCCCn1nc(-c2ccccc2)oc1=O. The minimum atomic E-state index is -0.382. The van der Waals surface area contributed by atoms with Crippen molar-refractivity contribution in [2.45, 2.75) is 26.3 Å². The van der Waals surface area contributed by atoms with Crippen LogP contribution in [0.2, 0.25) is 0 Å². The quantitative estimate of drug-likeness (QED) is 0.791. The molecule has 1 heterocycles. The van der Waals surface area contributed by atoms with Crippen LogP contribution < -0.4 is 5.76 Å². The van der Waals surface area contributed by atoms with E-state index in [1.165, 1.54) is 4.68 Å². The molecule has 0 unspecified atom stereocenters. The van der Waals surface area contributed by atoms with Gasteiger partial charge in [0, 0.05) is 12.1 Å². The Morgan fingerprint density at radius 1 is 1.31 bits per heavy atom. The standard InChI is InChI=1S/C12H14N2O2/c1-2-3-9-14-12(15)16-11(13-14)10-7-5-4-6-8-10/h4-8H,2-3,9H2,1H3. The second-order valence-corrected chi connectivity index (χ2v) is 3.62. The van der Waals surface area contributed by atoms with Crippen LogP contribution in [0.4, 0.5) is 0 Å². The van der Waals surface area contributed by atoms with Gasteiger partial charge in [0.25, 0.3) is 0 Å². The molecule has 0 saturated carbocycles. The first-order valence-electron chi connectivity index (χ1n) is 5.44. The molecule has 1 aromatic carbocycles. The van der Waals surface area contributed by atoms with E-state index in [1.807, 2.05) is 30.3 Å². The summed E-state index contributed by atoms with van der Waals surface area (Å²) in [6.07, 6.45) is 1.96. The van der Waals surface area contributed by atoms with E-state index < -0.39 is 0 Å². The van der Waals surface area contributed by atoms with Gasteiger partial charge in [-0.15, -0.1) is 5.10 Å². The van der Waals surface area contributed by atoms with Gasteiger partial charge in [-0.3, -0.25) is 0 Å². The number of unbranched alkanes of at least 4 members (excludes halogenated alkanes) is 1. The van der Waals surface area contributed by atoms with Gasteiger partial charge in [0.2, 0.25) is 5.89 Å². The first-order chi connectivity index (χ1) is 7.81. The molecule has 0 amide bonds. The summed E-state index contributed by atoms with van der Waals surface area (Å²) in [7, 11) is 0. The third-order valence-electron chi connectivity index (χ3n) is 2.35. The zero-order valence-corrected chi connectivity index (χ0v) is 9.22. The van der Waals surface area contributed by atoms with Gasteiger partial charge in [0.1, 0.15) is 0 Å². The maximum atomic E-state index is 11.5. The first kappa shape index (κ1) is 10.7. The molecule has 0 radical (unpaired) electrons. The second-order valence-electron chi connectivity index (χ2n) is 3.62. The molecule has 1 aromatic heterocycles. The van der Waals surface area contributed by atoms with E-state index >= 15 is 0 Å². The van der Waals surface area contributed by atoms with E-state index in [-0.39, 0.29) is 5.76 Å². The molecule has 0 N–H and O–H groups in total. The normalized spacial score (nSPS) is 10.6. The molecule has 0 spiro atoms. The molecule has 0 atom stereocenters. The molecule has 4 heteroatoms. The molecule has 84 valence electrons. The highest BCUT2D eigenvalue weighted by Gasteiger charge is 2.08. The Hall–Kier alpha value is -1.84. The summed E-state index contributed by atoms with van der Waals surface area (Å²) in [6.45, 7) is 2.69. The summed E-state index contributed by atoms with van der Waals surface area (Å²) in [4.78, 5) is 11.5. The van der Waals surface area contributed by atoms with Crippen LogP contribution in [0.3, 0.4) is 0 Å². The van der Waals surface area contributed by atoms with Crippen molar-refractivity contribution >= 4 is 0 Å². The Balaban J connectivity index is 2.28. The van der Waals surface area contributed by atoms with Crippen LogP contribution in [0, 0.1) is 0 Å². The summed E-state index contributed by atoms with van der Waals surface area (Å²) < 4.78 is 6.47. The fraction of sp³-hybridized carbons (Fsp3) is 0.333. The molecule has 2 aromatic rings. The zero-order valence-electron chi connectivity index (χ0n) is 9.22. The summed E-state index contributed by atoms with van der Waals surface area (Å²) in [5.74, 6) is 0.00834. The number of hydrogen-bond donors (Lipinski definition) is 0. The van der Waals surface area contributed by atoms with Crippen molar-refractivity contribution in [1.82, 2.24) is 9.78 Å². The van der Waals surface area contributed by atoms with Gasteiger partial charge in [-0.25, -0.2) is 4.79 Å². The van der Waals surface area contributed by atoms with Gasteiger partial charge in [0.05, 0.1) is 0 Å². The van der Waals surface area contributed by atoms with Gasteiger partial charge in [0.15, 0.2) is 0 Å². The molecule has 0 saturated heterocycles. The number of aryl methyl sites for hydroxylation is 1. The molecular formula is C12H14N2O2. The van der Waals surface area contributed by atoms with Crippen LogP contribution >= 0.6 is 0 Å². The Labute approximate surface area is 93.5 Å². The van der Waals surface area contributed by atoms with Crippen molar-refractivity contribution in [2.24, 2.45) is 0 Å². The molecule has 0 bridgehead atoms. The number of aromatic nitrogens is 2. The van der Waals surface area contributed by atoms with Gasteiger partial charge in [-0.05, 0) is 18.6 Å². The van der Waals surface area contributed by atoms with Crippen molar-refractivity contribution in [3.63, 3.8) is 0 Å². The maximum Gasteiger partial charge on any atom is 0.437 e. The smallest absolute Gasteiger partial charge is 0.388 e. The second kappa shape index (κ2) is 4.79. The maximum absolute atomic E-state index is 11.5. The van der Waals surface area contributed by atoms with Crippen molar-refractivity contribution in [1.29, 1.82) is 0 Å². The van der Waals surface area contributed by atoms with E-state index in [1.54, 1.807) is 0 Å². The Bertz CT molecular complexity index is 499. The Kier molecular flexibility index (Phi) is 3.19. The predicted molar refractivity (Wildman–Crippen MR) is 61.1 cm³/mol. The third-order valence-corrected chi connectivity index (χ3v) is 2.35. The van der Waals surface area contributed by atoms with Crippen LogP contribution in [-0.2, 0) is 6.54 Å². The fourth-order valence-corrected chi connectivity index (χ4v) is 1.45. The minimum absolute atomic E-state index is 0.382. The Morgan fingerprint density at radius 2 is 2.06 bits per heavy atom. The molecular weight excluding hydrogens is 204 g/mol. The summed E-state index contributed by atoms with van der Waals surface area (Å²) in [6, 6.07) is 9.43. The molecule has 0 aliphatic carbocycles. The summed E-state index contributed by atoms with van der Waals surface area (Å²) in [5.41, 5.74) is 0.829. The van der Waals surface area contributed by atoms with Crippen molar-refractivity contribution in [3.05, 3.63) is 40.9 Å². The van der Waals surface area contributed by atoms with E-state index in [9.17, 15) is 4.79 Å². The van der Waals surface area contributed by atoms with E-state index in [4.69, 9.17) is 4.42 Å². The fourth-order valence-electron chi connectivity index (χ4n) is 1.45. The van der Waals surface area contributed by atoms with Crippen LogP contribution in [0.25, 0.3) is 11.5 Å². The highest BCUT2D eigenvalue weighted by atomic mass is 16.4. The van der Waals surface area contributed by atoms with Crippen molar-refractivity contribution in [3.8, 4) is 11.5 Å².